The lowest BCUT2D eigenvalue weighted by Gasteiger charge is -2.12. The highest BCUT2D eigenvalue weighted by Gasteiger charge is 2.17. The Hall–Kier alpha value is -9.76. The van der Waals surface area contributed by atoms with Crippen molar-refractivity contribution in [2.24, 2.45) is 0 Å². The van der Waals surface area contributed by atoms with E-state index in [0.717, 1.165) is 11.4 Å². The van der Waals surface area contributed by atoms with Gasteiger partial charge in [0.2, 0.25) is 0 Å². The monoisotopic (exact) mass is 940 g/mol. The summed E-state index contributed by atoms with van der Waals surface area (Å²) < 4.78 is 4.83. The van der Waals surface area contributed by atoms with Crippen LogP contribution < -0.4 is 0 Å². The number of para-hydroxylation sites is 2. The van der Waals surface area contributed by atoms with Crippen LogP contribution in [0.1, 0.15) is 0 Å². The van der Waals surface area contributed by atoms with Gasteiger partial charge < -0.3 is 9.13 Å². The number of benzene rings is 12. The van der Waals surface area contributed by atoms with E-state index in [0.29, 0.717) is 0 Å². The molecule has 346 valence electrons. The van der Waals surface area contributed by atoms with Crippen LogP contribution in [0, 0.1) is 0 Å². The van der Waals surface area contributed by atoms with E-state index in [1.807, 2.05) is 0 Å². The molecule has 2 nitrogen and oxygen atoms in total. The van der Waals surface area contributed by atoms with Crippen molar-refractivity contribution < 1.29 is 0 Å². The van der Waals surface area contributed by atoms with Crippen LogP contribution in [-0.4, -0.2) is 9.13 Å². The van der Waals surface area contributed by atoms with Crippen molar-refractivity contribution in [2.45, 2.75) is 0 Å². The minimum atomic E-state index is 1.14. The summed E-state index contributed by atoms with van der Waals surface area (Å²) in [5.74, 6) is 0. The predicted octanol–water partition coefficient (Wildman–Crippen LogP) is 19.5. The third-order valence-electron chi connectivity index (χ3n) is 14.9. The van der Waals surface area contributed by atoms with E-state index in [1.54, 1.807) is 0 Å². The fourth-order valence-corrected chi connectivity index (χ4v) is 11.3. The van der Waals surface area contributed by atoms with Crippen LogP contribution >= 0.6 is 0 Å². The molecule has 0 N–H and O–H groups in total. The zero-order valence-electron chi connectivity index (χ0n) is 40.6. The molecule has 0 saturated carbocycles. The average Bonchev–Trinajstić information content (AvgIpc) is 4.02. The van der Waals surface area contributed by atoms with Crippen LogP contribution in [0.25, 0.3) is 133 Å². The number of hydrogen-bond acceptors (Lipinski definition) is 0. The smallest absolute Gasteiger partial charge is 0.0541 e. The normalized spacial score (nSPS) is 11.5. The molecule has 74 heavy (non-hydrogen) atoms. The lowest BCUT2D eigenvalue weighted by atomic mass is 9.94. The lowest BCUT2D eigenvalue weighted by Crippen LogP contribution is -1.94. The zero-order chi connectivity index (χ0) is 49.0. The predicted molar refractivity (Wildman–Crippen MR) is 313 cm³/mol. The van der Waals surface area contributed by atoms with Gasteiger partial charge in [-0.3, -0.25) is 0 Å². The van der Waals surface area contributed by atoms with Gasteiger partial charge in [-0.1, -0.05) is 212 Å². The topological polar surface area (TPSA) is 9.86 Å². The molecule has 12 aromatic carbocycles. The summed E-state index contributed by atoms with van der Waals surface area (Å²) >= 11 is 0. The quantitative estimate of drug-likeness (QED) is 0.136. The maximum absolute atomic E-state index is 2.42. The van der Waals surface area contributed by atoms with Gasteiger partial charge in [-0.15, -0.1) is 0 Å². The molecule has 0 aliphatic carbocycles. The second-order valence-corrected chi connectivity index (χ2v) is 19.3. The van der Waals surface area contributed by atoms with Crippen LogP contribution in [0.5, 0.6) is 0 Å². The molecule has 2 heteroatoms. The lowest BCUT2D eigenvalue weighted by molar-refractivity contribution is 1.18. The average molecular weight is 941 g/mol. The largest absolute Gasteiger partial charge is 0.309 e. The first-order valence-corrected chi connectivity index (χ1v) is 25.5. The number of aromatic nitrogens is 2. The molecule has 0 saturated heterocycles. The van der Waals surface area contributed by atoms with E-state index >= 15 is 0 Å². The summed E-state index contributed by atoms with van der Waals surface area (Å²) in [4.78, 5) is 0. The van der Waals surface area contributed by atoms with Gasteiger partial charge in [0.1, 0.15) is 0 Å². The Morgan fingerprint density at radius 2 is 0.405 bits per heavy atom. The van der Waals surface area contributed by atoms with Crippen molar-refractivity contribution >= 4 is 43.6 Å². The first-order chi connectivity index (χ1) is 36.7. The Bertz CT molecular complexity index is 4400. The van der Waals surface area contributed by atoms with Gasteiger partial charge >= 0.3 is 0 Å². The Balaban J connectivity index is 0.766. The molecule has 0 bridgehead atoms. The molecule has 0 aliphatic heterocycles. The summed E-state index contributed by atoms with van der Waals surface area (Å²) in [7, 11) is 0. The molecule has 0 aliphatic rings. The molecule has 0 amide bonds. The summed E-state index contributed by atoms with van der Waals surface area (Å²) in [6.45, 7) is 0. The van der Waals surface area contributed by atoms with Crippen LogP contribution in [0.4, 0.5) is 0 Å². The third kappa shape index (κ3) is 7.69. The molecule has 14 aromatic rings. The number of rotatable bonds is 9. The minimum absolute atomic E-state index is 1.14. The van der Waals surface area contributed by atoms with Gasteiger partial charge in [-0.2, -0.15) is 0 Å². The van der Waals surface area contributed by atoms with Gasteiger partial charge in [0.25, 0.3) is 0 Å². The van der Waals surface area contributed by atoms with E-state index < -0.39 is 0 Å². The van der Waals surface area contributed by atoms with Crippen LogP contribution in [0.2, 0.25) is 0 Å². The summed E-state index contributed by atoms with van der Waals surface area (Å²) in [5.41, 5.74) is 23.9. The van der Waals surface area contributed by atoms with Crippen LogP contribution in [0.3, 0.4) is 0 Å². The second kappa shape index (κ2) is 18.1. The highest BCUT2D eigenvalue weighted by Crippen LogP contribution is 2.40. The van der Waals surface area contributed by atoms with Gasteiger partial charge in [-0.25, -0.2) is 0 Å². The van der Waals surface area contributed by atoms with Crippen molar-refractivity contribution in [1.82, 2.24) is 9.13 Å². The number of fused-ring (bicyclic) bond motifs is 6. The maximum Gasteiger partial charge on any atom is 0.0541 e. The number of nitrogens with zero attached hydrogens (tertiary/aromatic N) is 2. The van der Waals surface area contributed by atoms with E-state index in [2.05, 4.69) is 300 Å². The first-order valence-electron chi connectivity index (χ1n) is 25.5. The fraction of sp³-hybridized carbons (Fsp3) is 0. The van der Waals surface area contributed by atoms with Crippen molar-refractivity contribution in [3.8, 4) is 89.3 Å². The number of hydrogen-bond donors (Lipinski definition) is 0. The zero-order valence-corrected chi connectivity index (χ0v) is 40.6. The molecule has 0 atom stereocenters. The van der Waals surface area contributed by atoms with Gasteiger partial charge in [0, 0.05) is 32.9 Å². The van der Waals surface area contributed by atoms with Crippen molar-refractivity contribution in [1.29, 1.82) is 0 Å². The van der Waals surface area contributed by atoms with E-state index in [-0.39, 0.29) is 0 Å². The fourth-order valence-electron chi connectivity index (χ4n) is 11.3. The van der Waals surface area contributed by atoms with Gasteiger partial charge in [0.15, 0.2) is 0 Å². The summed E-state index contributed by atoms with van der Waals surface area (Å²) in [5, 5.41) is 4.96. The first kappa shape index (κ1) is 43.1. The van der Waals surface area contributed by atoms with Crippen LogP contribution in [0.15, 0.2) is 291 Å². The Kier molecular flexibility index (Phi) is 10.6. The highest BCUT2D eigenvalue weighted by molar-refractivity contribution is 6.13. The molecule has 0 spiro atoms. The van der Waals surface area contributed by atoms with E-state index in [9.17, 15) is 0 Å². The molecular formula is C72H48N2. The molecule has 2 heterocycles. The van der Waals surface area contributed by atoms with Gasteiger partial charge in [-0.05, 0) is 157 Å². The second-order valence-electron chi connectivity index (χ2n) is 19.3. The van der Waals surface area contributed by atoms with E-state index in [4.69, 9.17) is 0 Å². The molecule has 2 aromatic heterocycles. The van der Waals surface area contributed by atoms with Crippen molar-refractivity contribution in [2.75, 3.05) is 0 Å². The van der Waals surface area contributed by atoms with Crippen molar-refractivity contribution in [3.63, 3.8) is 0 Å². The molecule has 0 unspecified atom stereocenters. The molecule has 14 rings (SSSR count). The Morgan fingerprint density at radius 3 is 0.797 bits per heavy atom. The van der Waals surface area contributed by atoms with Crippen molar-refractivity contribution in [3.05, 3.63) is 291 Å². The Morgan fingerprint density at radius 1 is 0.149 bits per heavy atom. The third-order valence-corrected chi connectivity index (χ3v) is 14.9. The standard InChI is InChI=1S/C72H48N2/c1-3-16-49(17-4-1)53-20-11-22-55(42-53)57-24-13-25-58(44-57)56-23-12-21-54(43-56)51-34-36-52(37-35-51)60-27-15-29-64(46-60)74-70-33-10-8-31-66(70)68-48-62(39-41-72(68)74)61-38-40-71-67(47-61)65-30-7-9-32-69(65)73(71)63-28-14-26-59(45-63)50-18-5-2-6-19-50/h1-48H. The van der Waals surface area contributed by atoms with Crippen LogP contribution in [-0.2, 0) is 0 Å². The SMILES string of the molecule is c1ccc(-c2cccc(-c3cccc(-c4cccc(-c5ccc(-c6cccc(-n7c8ccccc8c8cc(-c9ccc%10c(c9)c9ccccc9n%10-c9cccc(-c%10ccccc%10)c9)ccc87)c6)cc5)c4)c3)c2)cc1. The molecule has 0 radical (unpaired) electrons. The van der Waals surface area contributed by atoms with E-state index in [1.165, 1.54) is 122 Å². The molecular weight excluding hydrogens is 893 g/mol. The Labute approximate surface area is 431 Å². The van der Waals surface area contributed by atoms with Gasteiger partial charge in [0.05, 0.1) is 22.1 Å². The highest BCUT2D eigenvalue weighted by atomic mass is 15.0. The summed E-state index contributed by atoms with van der Waals surface area (Å²) in [6.07, 6.45) is 0. The maximum atomic E-state index is 2.42. The minimum Gasteiger partial charge on any atom is -0.309 e. The molecule has 0 fully saturated rings. The summed E-state index contributed by atoms with van der Waals surface area (Å²) in [6, 6.07) is 106.